The summed E-state index contributed by atoms with van der Waals surface area (Å²) in [6.07, 6.45) is 5.18. The summed E-state index contributed by atoms with van der Waals surface area (Å²) in [7, 11) is 2.10. The summed E-state index contributed by atoms with van der Waals surface area (Å²) in [5.74, 6) is -0.374. The summed E-state index contributed by atoms with van der Waals surface area (Å²) in [6, 6.07) is 15.5. The topological polar surface area (TPSA) is 82.0 Å². The number of hydrogen-bond acceptors (Lipinski definition) is 6. The first-order valence-electron chi connectivity index (χ1n) is 12.9. The van der Waals surface area contributed by atoms with Gasteiger partial charge in [-0.25, -0.2) is 0 Å². The van der Waals surface area contributed by atoms with E-state index < -0.39 is 4.92 Å². The van der Waals surface area contributed by atoms with Crippen LogP contribution in [-0.2, 0) is 6.54 Å². The molecule has 1 fully saturated rings. The van der Waals surface area contributed by atoms with E-state index in [0.29, 0.717) is 13.1 Å². The van der Waals surface area contributed by atoms with Gasteiger partial charge in [-0.3, -0.25) is 24.7 Å². The van der Waals surface area contributed by atoms with Crippen molar-refractivity contribution in [2.45, 2.75) is 25.8 Å². The summed E-state index contributed by atoms with van der Waals surface area (Å²) in [4.78, 5) is 30.9. The normalized spacial score (nSPS) is 17.5. The summed E-state index contributed by atoms with van der Waals surface area (Å²) >= 11 is 0. The smallest absolute Gasteiger partial charge is 0.282 e. The molecule has 0 unspecified atom stereocenters. The second-order valence-electron chi connectivity index (χ2n) is 9.80. The fourth-order valence-electron chi connectivity index (χ4n) is 4.87. The molecule has 0 aliphatic carbocycles. The van der Waals surface area contributed by atoms with Crippen molar-refractivity contribution >= 4 is 17.2 Å². The highest BCUT2D eigenvalue weighted by Gasteiger charge is 2.22. The number of unbranched alkanes of at least 4 members (excludes halogenated alkanes) is 1. The minimum Gasteiger partial charge on any atom is -0.352 e. The highest BCUT2D eigenvalue weighted by atomic mass is 16.6. The number of likely N-dealkylation sites (N-methyl/N-ethyl adjacent to an activating group) is 1. The second kappa shape index (κ2) is 12.8. The number of carbonyl (C=O) groups excluding carboxylic acids is 1. The summed E-state index contributed by atoms with van der Waals surface area (Å²) in [5.41, 5.74) is 3.61. The number of nitrogens with one attached hydrogen (secondary N) is 1. The van der Waals surface area contributed by atoms with E-state index in [2.05, 4.69) is 57.4 Å². The van der Waals surface area contributed by atoms with Crippen molar-refractivity contribution in [2.75, 3.05) is 59.4 Å². The number of nitro benzene ring substituents is 1. The summed E-state index contributed by atoms with van der Waals surface area (Å²) in [6.45, 7) is 8.01. The summed E-state index contributed by atoms with van der Waals surface area (Å²) < 4.78 is 0. The molecule has 8 heteroatoms. The molecule has 0 bridgehead atoms. The molecule has 2 aliphatic heterocycles. The zero-order chi connectivity index (χ0) is 25.3. The Kier molecular flexibility index (Phi) is 9.22. The number of nitrogens with zero attached hydrogens (tertiary/aromatic N) is 4. The fraction of sp³-hybridized carbons (Fsp3) is 0.464. The van der Waals surface area contributed by atoms with Gasteiger partial charge in [-0.2, -0.15) is 0 Å². The maximum Gasteiger partial charge on any atom is 0.282 e. The van der Waals surface area contributed by atoms with Crippen LogP contribution in [0, 0.1) is 10.1 Å². The second-order valence-corrected chi connectivity index (χ2v) is 9.80. The lowest BCUT2D eigenvalue weighted by atomic mass is 9.99. The predicted molar refractivity (Wildman–Crippen MR) is 143 cm³/mol. The minimum absolute atomic E-state index is 0.117. The molecule has 2 aliphatic rings. The first-order chi connectivity index (χ1) is 17.5. The molecule has 2 aromatic carbocycles. The molecule has 1 N–H and O–H groups in total. The van der Waals surface area contributed by atoms with Gasteiger partial charge >= 0.3 is 0 Å². The van der Waals surface area contributed by atoms with Crippen molar-refractivity contribution in [1.82, 2.24) is 20.0 Å². The van der Waals surface area contributed by atoms with E-state index in [-0.39, 0.29) is 17.2 Å². The lowest BCUT2D eigenvalue weighted by Gasteiger charge is -2.32. The largest absolute Gasteiger partial charge is 0.352 e. The zero-order valence-electron chi connectivity index (χ0n) is 21.2. The molecule has 0 spiro atoms. The molecule has 192 valence electrons. The predicted octanol–water partition coefficient (Wildman–Crippen LogP) is 3.64. The van der Waals surface area contributed by atoms with Gasteiger partial charge in [0.2, 0.25) is 0 Å². The number of hydrogen-bond donors (Lipinski definition) is 1. The van der Waals surface area contributed by atoms with E-state index in [9.17, 15) is 14.9 Å². The molecular weight excluding hydrogens is 454 g/mol. The Morgan fingerprint density at radius 3 is 2.47 bits per heavy atom. The van der Waals surface area contributed by atoms with Crippen molar-refractivity contribution in [3.63, 3.8) is 0 Å². The third kappa shape index (κ3) is 7.22. The van der Waals surface area contributed by atoms with Crippen LogP contribution < -0.4 is 5.32 Å². The Hall–Kier alpha value is -3.07. The first-order valence-corrected chi connectivity index (χ1v) is 12.9. The molecule has 4 rings (SSSR count). The zero-order valence-corrected chi connectivity index (χ0v) is 21.2. The van der Waals surface area contributed by atoms with Gasteiger partial charge in [-0.05, 0) is 55.6 Å². The van der Waals surface area contributed by atoms with Crippen LogP contribution in [0.15, 0.2) is 54.6 Å². The summed E-state index contributed by atoms with van der Waals surface area (Å²) in [5, 5.41) is 14.6. The average molecular weight is 492 g/mol. The van der Waals surface area contributed by atoms with Gasteiger partial charge in [-0.15, -0.1) is 0 Å². The van der Waals surface area contributed by atoms with Gasteiger partial charge in [-0.1, -0.05) is 42.5 Å². The number of piperazine rings is 1. The van der Waals surface area contributed by atoms with Crippen molar-refractivity contribution in [2.24, 2.45) is 0 Å². The van der Waals surface area contributed by atoms with E-state index in [1.165, 1.54) is 11.1 Å². The monoisotopic (exact) mass is 491 g/mol. The number of rotatable bonds is 10. The molecule has 1 saturated heterocycles. The van der Waals surface area contributed by atoms with Crippen LogP contribution in [0.4, 0.5) is 5.69 Å². The number of nitro groups is 1. The van der Waals surface area contributed by atoms with Gasteiger partial charge < -0.3 is 10.2 Å². The van der Waals surface area contributed by atoms with E-state index >= 15 is 0 Å². The van der Waals surface area contributed by atoms with Crippen LogP contribution in [0.5, 0.6) is 0 Å². The van der Waals surface area contributed by atoms with Crippen LogP contribution in [0.25, 0.3) is 5.57 Å². The maximum absolute atomic E-state index is 12.7. The van der Waals surface area contributed by atoms with Crippen LogP contribution in [0.2, 0.25) is 0 Å². The van der Waals surface area contributed by atoms with Crippen molar-refractivity contribution in [3.8, 4) is 0 Å². The molecule has 2 aromatic rings. The Morgan fingerprint density at radius 2 is 1.78 bits per heavy atom. The van der Waals surface area contributed by atoms with Crippen molar-refractivity contribution in [3.05, 3.63) is 81.4 Å². The van der Waals surface area contributed by atoms with Gasteiger partial charge in [0.1, 0.15) is 5.56 Å². The van der Waals surface area contributed by atoms with Crippen molar-refractivity contribution < 1.29 is 9.72 Å². The van der Waals surface area contributed by atoms with Crippen LogP contribution in [0.3, 0.4) is 0 Å². The van der Waals surface area contributed by atoms with Crippen LogP contribution in [-0.4, -0.2) is 84.9 Å². The lowest BCUT2D eigenvalue weighted by Crippen LogP contribution is -2.43. The fourth-order valence-corrected chi connectivity index (χ4v) is 4.87. The van der Waals surface area contributed by atoms with E-state index in [1.54, 1.807) is 12.1 Å². The number of amides is 1. The van der Waals surface area contributed by atoms with Crippen molar-refractivity contribution in [1.29, 1.82) is 0 Å². The first kappa shape index (κ1) is 26.0. The molecule has 0 radical (unpaired) electrons. The molecule has 0 atom stereocenters. The molecule has 1 amide bonds. The van der Waals surface area contributed by atoms with Crippen LogP contribution in [0.1, 0.15) is 40.7 Å². The molecule has 2 heterocycles. The van der Waals surface area contributed by atoms with E-state index in [0.717, 1.165) is 70.6 Å². The Balaban J connectivity index is 1.20. The molecule has 0 saturated carbocycles. The molecule has 0 aromatic heterocycles. The highest BCUT2D eigenvalue weighted by Crippen LogP contribution is 2.23. The third-order valence-electron chi connectivity index (χ3n) is 7.13. The van der Waals surface area contributed by atoms with E-state index in [4.69, 9.17) is 0 Å². The van der Waals surface area contributed by atoms with Gasteiger partial charge in [0.05, 0.1) is 4.92 Å². The number of carbonyl (C=O) groups is 1. The van der Waals surface area contributed by atoms with Gasteiger partial charge in [0.15, 0.2) is 0 Å². The quantitative estimate of drug-likeness (QED) is 0.310. The van der Waals surface area contributed by atoms with Gasteiger partial charge in [0.25, 0.3) is 11.6 Å². The Labute approximate surface area is 213 Å². The average Bonchev–Trinajstić information content (AvgIpc) is 2.90. The Morgan fingerprint density at radius 1 is 1.00 bits per heavy atom. The van der Waals surface area contributed by atoms with E-state index in [1.807, 2.05) is 12.1 Å². The highest BCUT2D eigenvalue weighted by molar-refractivity contribution is 5.98. The van der Waals surface area contributed by atoms with Crippen LogP contribution >= 0.6 is 0 Å². The standard InChI is InChI=1S/C28H37N5O3/c1-30-17-19-32(20-18-30)22-23-9-10-26(27(21-23)33(35)36)28(34)29-13-5-6-14-31-15-11-25(12-16-31)24-7-3-2-4-8-24/h2-4,7-11,21H,5-6,12-20,22H2,1H3,(H,29,34). The third-order valence-corrected chi connectivity index (χ3v) is 7.13. The number of benzene rings is 2. The molecule has 8 nitrogen and oxygen atoms in total. The molecular formula is C28H37N5O3. The SMILES string of the molecule is CN1CCN(Cc2ccc(C(=O)NCCCCN3CC=C(c4ccccc4)CC3)c([N+](=O)[O-])c2)CC1. The maximum atomic E-state index is 12.7. The molecule has 36 heavy (non-hydrogen) atoms. The lowest BCUT2D eigenvalue weighted by molar-refractivity contribution is -0.385. The van der Waals surface area contributed by atoms with Gasteiger partial charge in [0, 0.05) is 58.4 Å². The Bertz CT molecular complexity index is 1060. The minimum atomic E-state index is -0.448.